The largest absolute Gasteiger partial charge is 0.315 e. The van der Waals surface area contributed by atoms with Gasteiger partial charge in [0.2, 0.25) is 0 Å². The number of rotatable bonds is 6. The van der Waals surface area contributed by atoms with Gasteiger partial charge in [0.1, 0.15) is 0 Å². The third-order valence-electron chi connectivity index (χ3n) is 2.17. The highest BCUT2D eigenvalue weighted by Gasteiger charge is 2.20. The van der Waals surface area contributed by atoms with Gasteiger partial charge in [0.25, 0.3) is 10.0 Å². The van der Waals surface area contributed by atoms with E-state index in [1.807, 2.05) is 0 Å². The number of sulfone groups is 1. The number of hydrogen-bond donors (Lipinski definition) is 2. The quantitative estimate of drug-likeness (QED) is 0.732. The molecule has 0 fully saturated rings. The number of aryl methyl sites for hydroxylation is 1. The Bertz CT molecular complexity index is 668. The van der Waals surface area contributed by atoms with Gasteiger partial charge in [-0.1, -0.05) is 18.3 Å². The molecule has 10 heteroatoms. The molecule has 104 valence electrons. The monoisotopic (exact) mass is 314 g/mol. The summed E-state index contributed by atoms with van der Waals surface area (Å²) in [4.78, 5) is 12.9. The molecular formula is C8H14N2O5S3. The second kappa shape index (κ2) is 5.51. The Morgan fingerprint density at radius 2 is 1.89 bits per heavy atom. The van der Waals surface area contributed by atoms with Crippen LogP contribution in [0.2, 0.25) is 0 Å². The Morgan fingerprint density at radius 3 is 2.33 bits per heavy atom. The molecule has 1 heterocycles. The molecule has 2 N–H and O–H groups in total. The summed E-state index contributed by atoms with van der Waals surface area (Å²) in [6.45, 7) is 2.76. The van der Waals surface area contributed by atoms with Crippen molar-refractivity contribution in [3.05, 3.63) is 15.4 Å². The molecule has 0 amide bonds. The highest BCUT2D eigenvalue weighted by Crippen LogP contribution is 2.14. The van der Waals surface area contributed by atoms with E-state index < -0.39 is 24.7 Å². The van der Waals surface area contributed by atoms with E-state index in [4.69, 9.17) is 0 Å². The minimum Gasteiger partial charge on any atom is -0.315 e. The molecule has 0 aliphatic carbocycles. The molecule has 0 bridgehead atoms. The van der Waals surface area contributed by atoms with Crippen LogP contribution in [0.15, 0.2) is 9.00 Å². The lowest BCUT2D eigenvalue weighted by Gasteiger charge is -2.05. The third-order valence-corrected chi connectivity index (χ3v) is 6.94. The van der Waals surface area contributed by atoms with E-state index in [1.165, 1.54) is 13.8 Å². The fourth-order valence-corrected chi connectivity index (χ4v) is 4.39. The molecule has 0 aliphatic heterocycles. The van der Waals surface area contributed by atoms with Crippen LogP contribution in [-0.4, -0.2) is 39.9 Å². The smallest absolute Gasteiger partial charge is 0.305 e. The number of nitrogens with one attached hydrogen (secondary N) is 2. The van der Waals surface area contributed by atoms with Crippen LogP contribution in [-0.2, 0) is 19.9 Å². The Morgan fingerprint density at radius 1 is 1.28 bits per heavy atom. The average Bonchev–Trinajstić information content (AvgIpc) is 2.58. The Labute approximate surface area is 109 Å². The zero-order valence-electron chi connectivity index (χ0n) is 9.89. The fourth-order valence-electron chi connectivity index (χ4n) is 1.19. The molecule has 0 saturated heterocycles. The summed E-state index contributed by atoms with van der Waals surface area (Å²) in [6.07, 6.45) is 0. The molecule has 0 radical (unpaired) electrons. The average molecular weight is 314 g/mol. The molecule has 0 saturated carbocycles. The van der Waals surface area contributed by atoms with Gasteiger partial charge in [-0.25, -0.2) is 21.6 Å². The summed E-state index contributed by atoms with van der Waals surface area (Å²) in [6, 6.07) is 0. The van der Waals surface area contributed by atoms with Crippen LogP contribution in [0.3, 0.4) is 0 Å². The van der Waals surface area contributed by atoms with Crippen LogP contribution in [0.5, 0.6) is 0 Å². The molecule has 1 aromatic rings. The molecule has 0 aliphatic rings. The Kier molecular flexibility index (Phi) is 4.70. The number of hydrogen-bond acceptors (Lipinski definition) is 6. The van der Waals surface area contributed by atoms with E-state index in [0.717, 1.165) is 0 Å². The molecule has 0 spiro atoms. The minimum absolute atomic E-state index is 0.0365. The Balaban J connectivity index is 2.79. The second-order valence-electron chi connectivity index (χ2n) is 3.56. The van der Waals surface area contributed by atoms with Crippen molar-refractivity contribution in [1.82, 2.24) is 9.71 Å². The third kappa shape index (κ3) is 3.90. The van der Waals surface area contributed by atoms with Gasteiger partial charge >= 0.3 is 4.87 Å². The summed E-state index contributed by atoms with van der Waals surface area (Å²) < 4.78 is 48.0. The first-order chi connectivity index (χ1) is 8.18. The van der Waals surface area contributed by atoms with Crippen molar-refractivity contribution < 1.29 is 16.8 Å². The molecule has 1 aromatic heterocycles. The second-order valence-corrected chi connectivity index (χ2v) is 8.98. The highest BCUT2D eigenvalue weighted by atomic mass is 32.2. The van der Waals surface area contributed by atoms with E-state index in [0.29, 0.717) is 11.3 Å². The molecule has 0 unspecified atom stereocenters. The minimum atomic E-state index is -3.83. The van der Waals surface area contributed by atoms with Gasteiger partial charge in [-0.15, -0.1) is 0 Å². The summed E-state index contributed by atoms with van der Waals surface area (Å²) >= 11 is 0.574. The summed E-state index contributed by atoms with van der Waals surface area (Å²) in [5.74, 6) is -0.299. The molecule has 0 atom stereocenters. The van der Waals surface area contributed by atoms with Gasteiger partial charge in [-0.3, -0.25) is 4.79 Å². The van der Waals surface area contributed by atoms with Crippen LogP contribution in [0.25, 0.3) is 0 Å². The summed E-state index contributed by atoms with van der Waals surface area (Å²) in [5, 5.41) is 0. The lowest BCUT2D eigenvalue weighted by atomic mass is 10.6. The maximum Gasteiger partial charge on any atom is 0.305 e. The zero-order valence-corrected chi connectivity index (χ0v) is 12.3. The SMILES string of the molecule is CCS(=O)(=O)CCNS(=O)(=O)c1sc(=O)[nH]c1C. The van der Waals surface area contributed by atoms with Gasteiger partial charge in [0.05, 0.1) is 5.75 Å². The van der Waals surface area contributed by atoms with Crippen molar-refractivity contribution in [3.8, 4) is 0 Å². The topological polar surface area (TPSA) is 113 Å². The highest BCUT2D eigenvalue weighted by molar-refractivity contribution is 7.92. The van der Waals surface area contributed by atoms with E-state index >= 15 is 0 Å². The van der Waals surface area contributed by atoms with E-state index in [1.54, 1.807) is 0 Å². The normalized spacial score (nSPS) is 12.8. The maximum absolute atomic E-state index is 11.8. The first-order valence-electron chi connectivity index (χ1n) is 5.08. The molecule has 18 heavy (non-hydrogen) atoms. The molecule has 0 aromatic carbocycles. The van der Waals surface area contributed by atoms with Gasteiger partial charge in [0, 0.05) is 18.0 Å². The number of H-pyrrole nitrogens is 1. The van der Waals surface area contributed by atoms with Gasteiger partial charge < -0.3 is 4.98 Å². The number of aromatic nitrogens is 1. The predicted molar refractivity (Wildman–Crippen MR) is 69.2 cm³/mol. The van der Waals surface area contributed by atoms with Crippen molar-refractivity contribution in [3.63, 3.8) is 0 Å². The van der Waals surface area contributed by atoms with Crippen molar-refractivity contribution in [1.29, 1.82) is 0 Å². The van der Waals surface area contributed by atoms with E-state index in [-0.39, 0.29) is 28.0 Å². The first-order valence-corrected chi connectivity index (χ1v) is 9.20. The predicted octanol–water partition coefficient (Wildman–Crippen LogP) is -0.542. The fraction of sp³-hybridized carbons (Fsp3) is 0.625. The molecule has 1 rings (SSSR count). The lowest BCUT2D eigenvalue weighted by Crippen LogP contribution is -2.29. The van der Waals surface area contributed by atoms with E-state index in [9.17, 15) is 21.6 Å². The molecule has 7 nitrogen and oxygen atoms in total. The van der Waals surface area contributed by atoms with E-state index in [2.05, 4.69) is 9.71 Å². The maximum atomic E-state index is 11.8. The number of thiazole rings is 1. The summed E-state index contributed by atoms with van der Waals surface area (Å²) in [7, 11) is -7.05. The van der Waals surface area contributed by atoms with Gasteiger partial charge in [-0.2, -0.15) is 0 Å². The summed E-state index contributed by atoms with van der Waals surface area (Å²) in [5.41, 5.74) is 0.246. The van der Waals surface area contributed by atoms with Gasteiger partial charge in [-0.05, 0) is 6.92 Å². The van der Waals surface area contributed by atoms with Crippen molar-refractivity contribution >= 4 is 31.2 Å². The van der Waals surface area contributed by atoms with Crippen LogP contribution in [0, 0.1) is 6.92 Å². The van der Waals surface area contributed by atoms with Gasteiger partial charge in [0.15, 0.2) is 14.0 Å². The standard InChI is InChI=1S/C8H14N2O5S3/c1-3-17(12,13)5-4-9-18(14,15)7-6(2)10-8(11)16-7/h9H,3-5H2,1-2H3,(H,10,11). The van der Waals surface area contributed by atoms with Crippen molar-refractivity contribution in [2.75, 3.05) is 18.1 Å². The molecular weight excluding hydrogens is 300 g/mol. The van der Waals surface area contributed by atoms with Crippen LogP contribution in [0.1, 0.15) is 12.6 Å². The van der Waals surface area contributed by atoms with Crippen molar-refractivity contribution in [2.24, 2.45) is 0 Å². The number of aromatic amines is 1. The lowest BCUT2D eigenvalue weighted by molar-refractivity contribution is 0.582. The van der Waals surface area contributed by atoms with Crippen LogP contribution in [0.4, 0.5) is 0 Å². The van der Waals surface area contributed by atoms with Crippen molar-refractivity contribution in [2.45, 2.75) is 18.1 Å². The zero-order chi connectivity index (χ0) is 14.0. The van der Waals surface area contributed by atoms with Crippen LogP contribution >= 0.6 is 11.3 Å². The first kappa shape index (κ1) is 15.3. The number of sulfonamides is 1. The Hall–Kier alpha value is -0.710. The van der Waals surface area contributed by atoms with Crippen LogP contribution < -0.4 is 9.60 Å².